The maximum atomic E-state index is 11.1. The van der Waals surface area contributed by atoms with Gasteiger partial charge in [-0.3, -0.25) is 0 Å². The van der Waals surface area contributed by atoms with E-state index in [0.29, 0.717) is 26.2 Å². The average molecular weight is 265 g/mol. The predicted molar refractivity (Wildman–Crippen MR) is 70.0 cm³/mol. The number of hydrogen-bond donors (Lipinski definition) is 1. The fraction of sp³-hybridized carbons (Fsp3) is 0.500. The van der Waals surface area contributed by atoms with Crippen molar-refractivity contribution in [1.29, 1.82) is 0 Å². The van der Waals surface area contributed by atoms with Crippen LogP contribution in [0.3, 0.4) is 0 Å². The second-order valence-electron chi connectivity index (χ2n) is 4.70. The Balaban J connectivity index is 1.87. The summed E-state index contributed by atoms with van der Waals surface area (Å²) in [6.07, 6.45) is -0.281. The Morgan fingerprint density at radius 2 is 2.16 bits per heavy atom. The number of likely N-dealkylation sites (tertiary alicyclic amines) is 1. The Labute approximate surface area is 112 Å². The number of carbonyl (C=O) groups is 1. The molecular formula is C14H19NO4. The minimum atomic E-state index is -0.909. The largest absolute Gasteiger partial charge is 0.465 e. The van der Waals surface area contributed by atoms with Crippen molar-refractivity contribution in [1.82, 2.24) is 4.90 Å². The molecule has 1 heterocycles. The lowest BCUT2D eigenvalue weighted by atomic mass is 10.2. The summed E-state index contributed by atoms with van der Waals surface area (Å²) in [4.78, 5) is 12.5. The molecule has 1 fully saturated rings. The maximum Gasteiger partial charge on any atom is 0.407 e. The summed E-state index contributed by atoms with van der Waals surface area (Å²) in [7, 11) is 1.58. The van der Waals surface area contributed by atoms with Crippen LogP contribution in [0.1, 0.15) is 12.0 Å². The molecular weight excluding hydrogens is 246 g/mol. The van der Waals surface area contributed by atoms with Gasteiger partial charge in [0.15, 0.2) is 0 Å². The van der Waals surface area contributed by atoms with E-state index in [0.717, 1.165) is 5.56 Å². The van der Waals surface area contributed by atoms with Crippen LogP contribution in [0, 0.1) is 0 Å². The summed E-state index contributed by atoms with van der Waals surface area (Å²) < 4.78 is 10.8. The second-order valence-corrected chi connectivity index (χ2v) is 4.70. The zero-order valence-electron chi connectivity index (χ0n) is 11.0. The van der Waals surface area contributed by atoms with Crippen LogP contribution >= 0.6 is 0 Å². The van der Waals surface area contributed by atoms with Gasteiger partial charge in [-0.15, -0.1) is 0 Å². The number of carboxylic acid groups (broad SMARTS) is 1. The van der Waals surface area contributed by atoms with E-state index in [-0.39, 0.29) is 12.1 Å². The highest BCUT2D eigenvalue weighted by Gasteiger charge is 2.35. The molecule has 0 unspecified atom stereocenters. The fourth-order valence-electron chi connectivity index (χ4n) is 2.37. The zero-order valence-corrected chi connectivity index (χ0v) is 11.0. The third-order valence-electron chi connectivity index (χ3n) is 3.31. The minimum absolute atomic E-state index is 0.0588. The first-order valence-corrected chi connectivity index (χ1v) is 6.34. The Morgan fingerprint density at radius 1 is 1.42 bits per heavy atom. The van der Waals surface area contributed by atoms with Crippen molar-refractivity contribution in [3.05, 3.63) is 35.9 Å². The Hall–Kier alpha value is -1.59. The van der Waals surface area contributed by atoms with Gasteiger partial charge < -0.3 is 19.5 Å². The van der Waals surface area contributed by atoms with Crippen molar-refractivity contribution >= 4 is 6.09 Å². The normalized spacial score (nSPS) is 22.7. The molecule has 1 aromatic rings. The highest BCUT2D eigenvalue weighted by molar-refractivity contribution is 5.66. The number of ether oxygens (including phenoxy) is 2. The first-order chi connectivity index (χ1) is 9.20. The molecule has 104 valence electrons. The van der Waals surface area contributed by atoms with Gasteiger partial charge in [0, 0.05) is 7.11 Å². The van der Waals surface area contributed by atoms with Gasteiger partial charge in [0.1, 0.15) is 0 Å². The Kier molecular flexibility index (Phi) is 4.76. The Bertz CT molecular complexity index is 409. The van der Waals surface area contributed by atoms with E-state index in [9.17, 15) is 4.79 Å². The molecule has 0 spiro atoms. The molecule has 5 heteroatoms. The van der Waals surface area contributed by atoms with Gasteiger partial charge in [-0.05, 0) is 12.0 Å². The van der Waals surface area contributed by atoms with Crippen LogP contribution in [0.15, 0.2) is 30.3 Å². The zero-order chi connectivity index (χ0) is 13.7. The first-order valence-electron chi connectivity index (χ1n) is 6.34. The summed E-state index contributed by atoms with van der Waals surface area (Å²) in [5.41, 5.74) is 1.10. The van der Waals surface area contributed by atoms with Crippen LogP contribution in [0.4, 0.5) is 4.79 Å². The molecule has 1 saturated heterocycles. The molecule has 0 saturated carbocycles. The topological polar surface area (TPSA) is 59.0 Å². The van der Waals surface area contributed by atoms with Crippen LogP contribution in [-0.2, 0) is 16.1 Å². The molecule has 0 aliphatic carbocycles. The number of amides is 1. The second kappa shape index (κ2) is 6.54. The fourth-order valence-corrected chi connectivity index (χ4v) is 2.37. The standard InChI is InChI=1S/C14H19NO4/c1-18-10-12-7-13(8-15(12)14(16)17)19-9-11-5-3-2-4-6-11/h2-6,12-13H,7-10H2,1H3,(H,16,17)/t12-,13+/m0/s1. The molecule has 2 rings (SSSR count). The number of nitrogens with zero attached hydrogens (tertiary/aromatic N) is 1. The lowest BCUT2D eigenvalue weighted by Crippen LogP contribution is -2.37. The van der Waals surface area contributed by atoms with Gasteiger partial charge >= 0.3 is 6.09 Å². The predicted octanol–water partition coefficient (Wildman–Crippen LogP) is 1.97. The van der Waals surface area contributed by atoms with Crippen LogP contribution in [0.25, 0.3) is 0 Å². The summed E-state index contributed by atoms with van der Waals surface area (Å²) in [5, 5.41) is 9.13. The van der Waals surface area contributed by atoms with Crippen LogP contribution in [-0.4, -0.2) is 48.5 Å². The number of methoxy groups -OCH3 is 1. The highest BCUT2D eigenvalue weighted by atomic mass is 16.5. The molecule has 19 heavy (non-hydrogen) atoms. The number of benzene rings is 1. The van der Waals surface area contributed by atoms with Crippen molar-refractivity contribution in [3.63, 3.8) is 0 Å². The van der Waals surface area contributed by atoms with E-state index in [2.05, 4.69) is 0 Å². The molecule has 5 nitrogen and oxygen atoms in total. The average Bonchev–Trinajstić information content (AvgIpc) is 2.81. The van der Waals surface area contributed by atoms with Gasteiger partial charge in [-0.1, -0.05) is 30.3 Å². The lowest BCUT2D eigenvalue weighted by Gasteiger charge is -2.19. The summed E-state index contributed by atoms with van der Waals surface area (Å²) >= 11 is 0. The van der Waals surface area contributed by atoms with Crippen LogP contribution in [0.2, 0.25) is 0 Å². The molecule has 2 atom stereocenters. The van der Waals surface area contributed by atoms with E-state index in [1.54, 1.807) is 7.11 Å². The van der Waals surface area contributed by atoms with Crippen LogP contribution in [0.5, 0.6) is 0 Å². The summed E-state index contributed by atoms with van der Waals surface area (Å²) in [6.45, 7) is 1.34. The van der Waals surface area contributed by atoms with E-state index >= 15 is 0 Å². The first kappa shape index (κ1) is 13.8. The van der Waals surface area contributed by atoms with E-state index < -0.39 is 6.09 Å². The molecule has 1 aliphatic rings. The molecule has 1 aromatic carbocycles. The van der Waals surface area contributed by atoms with Gasteiger partial charge in [-0.25, -0.2) is 4.79 Å². The lowest BCUT2D eigenvalue weighted by molar-refractivity contribution is 0.0464. The maximum absolute atomic E-state index is 11.1. The minimum Gasteiger partial charge on any atom is -0.465 e. The van der Waals surface area contributed by atoms with Gasteiger partial charge in [0.2, 0.25) is 0 Å². The van der Waals surface area contributed by atoms with Gasteiger partial charge in [-0.2, -0.15) is 0 Å². The van der Waals surface area contributed by atoms with Crippen LogP contribution < -0.4 is 0 Å². The quantitative estimate of drug-likeness (QED) is 0.884. The number of rotatable bonds is 5. The van der Waals surface area contributed by atoms with Crippen molar-refractivity contribution in [2.45, 2.75) is 25.2 Å². The highest BCUT2D eigenvalue weighted by Crippen LogP contribution is 2.21. The molecule has 0 aromatic heterocycles. The summed E-state index contributed by atoms with van der Waals surface area (Å²) in [5.74, 6) is 0. The number of hydrogen-bond acceptors (Lipinski definition) is 3. The van der Waals surface area contributed by atoms with Crippen molar-refractivity contribution in [2.24, 2.45) is 0 Å². The van der Waals surface area contributed by atoms with Crippen molar-refractivity contribution < 1.29 is 19.4 Å². The van der Waals surface area contributed by atoms with Gasteiger partial charge in [0.25, 0.3) is 0 Å². The van der Waals surface area contributed by atoms with Crippen molar-refractivity contribution in [2.75, 3.05) is 20.3 Å². The summed E-state index contributed by atoms with van der Waals surface area (Å²) in [6, 6.07) is 9.77. The third kappa shape index (κ3) is 3.68. The third-order valence-corrected chi connectivity index (χ3v) is 3.31. The molecule has 0 radical (unpaired) electrons. The Morgan fingerprint density at radius 3 is 2.79 bits per heavy atom. The monoisotopic (exact) mass is 265 g/mol. The van der Waals surface area contributed by atoms with Gasteiger partial charge in [0.05, 0.1) is 31.9 Å². The van der Waals surface area contributed by atoms with E-state index in [1.807, 2.05) is 30.3 Å². The van der Waals surface area contributed by atoms with Crippen molar-refractivity contribution in [3.8, 4) is 0 Å². The molecule has 1 amide bonds. The molecule has 1 N–H and O–H groups in total. The van der Waals surface area contributed by atoms with E-state index in [1.165, 1.54) is 4.90 Å². The SMILES string of the molecule is COC[C@@H]1C[C@@H](OCc2ccccc2)CN1C(=O)O. The smallest absolute Gasteiger partial charge is 0.407 e. The molecule has 1 aliphatic heterocycles. The molecule has 0 bridgehead atoms. The van der Waals surface area contributed by atoms with E-state index in [4.69, 9.17) is 14.6 Å².